The Labute approximate surface area is 166 Å². The van der Waals surface area contributed by atoms with Gasteiger partial charge in [-0.15, -0.1) is 0 Å². The summed E-state index contributed by atoms with van der Waals surface area (Å²) in [4.78, 5) is 29.3. The van der Waals surface area contributed by atoms with E-state index in [9.17, 15) is 9.59 Å². The fourth-order valence-corrected chi connectivity index (χ4v) is 4.58. The smallest absolute Gasteiger partial charge is 0.318 e. The minimum absolute atomic E-state index is 0.0203. The highest BCUT2D eigenvalue weighted by molar-refractivity contribution is 5.93. The Bertz CT molecular complexity index is 691. The normalized spacial score (nSPS) is 24.4. The van der Waals surface area contributed by atoms with Crippen molar-refractivity contribution in [3.63, 3.8) is 0 Å². The summed E-state index contributed by atoms with van der Waals surface area (Å²) in [5.41, 5.74) is 0.380. The Morgan fingerprint density at radius 1 is 1.21 bits per heavy atom. The summed E-state index contributed by atoms with van der Waals surface area (Å²) >= 11 is 0. The largest absolute Gasteiger partial charge is 0.472 e. The Morgan fingerprint density at radius 3 is 2.57 bits per heavy atom. The van der Waals surface area contributed by atoms with Gasteiger partial charge in [0.15, 0.2) is 0 Å². The summed E-state index contributed by atoms with van der Waals surface area (Å²) in [7, 11) is 0. The van der Waals surface area contributed by atoms with E-state index in [1.807, 2.05) is 18.7 Å². The first-order valence-corrected chi connectivity index (χ1v) is 10.5. The molecule has 3 fully saturated rings. The first-order valence-electron chi connectivity index (χ1n) is 10.5. The molecule has 3 amide bonds. The minimum atomic E-state index is -0.221. The summed E-state index contributed by atoms with van der Waals surface area (Å²) in [6, 6.07) is 2.50. The highest BCUT2D eigenvalue weighted by Crippen LogP contribution is 2.40. The predicted octanol–water partition coefficient (Wildman–Crippen LogP) is 3.02. The van der Waals surface area contributed by atoms with Crippen LogP contribution in [0.3, 0.4) is 0 Å². The lowest BCUT2D eigenvalue weighted by Crippen LogP contribution is -2.57. The van der Waals surface area contributed by atoms with E-state index < -0.39 is 0 Å². The molecule has 0 aromatic carbocycles. The number of carbonyl (C=O) groups is 2. The second kappa shape index (κ2) is 7.78. The molecule has 7 heteroatoms. The zero-order valence-electron chi connectivity index (χ0n) is 16.9. The van der Waals surface area contributed by atoms with Crippen molar-refractivity contribution in [1.29, 1.82) is 0 Å². The highest BCUT2D eigenvalue weighted by atomic mass is 16.5. The van der Waals surface area contributed by atoms with Crippen LogP contribution in [0.5, 0.6) is 0 Å². The van der Waals surface area contributed by atoms with Crippen LogP contribution in [-0.2, 0) is 4.74 Å². The van der Waals surface area contributed by atoms with Crippen LogP contribution in [0.25, 0.3) is 0 Å². The van der Waals surface area contributed by atoms with Gasteiger partial charge in [0.25, 0.3) is 5.91 Å². The lowest BCUT2D eigenvalue weighted by atomic mass is 9.81. The van der Waals surface area contributed by atoms with E-state index in [1.165, 1.54) is 12.5 Å². The second-order valence-corrected chi connectivity index (χ2v) is 8.72. The number of ether oxygens (including phenoxy) is 1. The van der Waals surface area contributed by atoms with Crippen molar-refractivity contribution >= 4 is 11.9 Å². The number of rotatable bonds is 4. The van der Waals surface area contributed by atoms with E-state index in [0.717, 1.165) is 38.5 Å². The second-order valence-electron chi connectivity index (χ2n) is 8.72. The molecular weight excluding hydrogens is 358 g/mol. The van der Waals surface area contributed by atoms with Crippen LogP contribution in [0.15, 0.2) is 23.0 Å². The van der Waals surface area contributed by atoms with Crippen LogP contribution in [0.4, 0.5) is 4.79 Å². The molecule has 1 saturated carbocycles. The SMILES string of the molecule is CC(C)NC(=O)N(C1CC1)C1CCOC2(CCN(C(=O)c3ccoc3)CC2)C1. The summed E-state index contributed by atoms with van der Waals surface area (Å²) in [6.45, 7) is 6.04. The summed E-state index contributed by atoms with van der Waals surface area (Å²) in [5.74, 6) is 0.0203. The molecule has 1 spiro atoms. The number of urea groups is 1. The lowest BCUT2D eigenvalue weighted by Gasteiger charge is -2.48. The molecule has 28 heavy (non-hydrogen) atoms. The molecule has 1 aromatic rings. The topological polar surface area (TPSA) is 75.0 Å². The monoisotopic (exact) mass is 389 g/mol. The van der Waals surface area contributed by atoms with Crippen LogP contribution >= 0.6 is 0 Å². The van der Waals surface area contributed by atoms with Gasteiger partial charge in [-0.2, -0.15) is 0 Å². The third kappa shape index (κ3) is 4.04. The van der Waals surface area contributed by atoms with E-state index in [2.05, 4.69) is 10.2 Å². The molecule has 0 bridgehead atoms. The molecule has 1 N–H and O–H groups in total. The molecule has 1 unspecified atom stereocenters. The van der Waals surface area contributed by atoms with E-state index in [0.29, 0.717) is 31.3 Å². The molecule has 1 aliphatic carbocycles. The zero-order valence-corrected chi connectivity index (χ0v) is 16.9. The van der Waals surface area contributed by atoms with Crippen LogP contribution in [0.1, 0.15) is 62.7 Å². The summed E-state index contributed by atoms with van der Waals surface area (Å²) in [6.07, 6.45) is 8.62. The van der Waals surface area contributed by atoms with Crippen molar-refractivity contribution < 1.29 is 18.7 Å². The molecule has 1 atom stereocenters. The average molecular weight is 389 g/mol. The molecule has 2 aliphatic heterocycles. The fourth-order valence-electron chi connectivity index (χ4n) is 4.58. The standard InChI is InChI=1S/C21H31N3O4/c1-15(2)22-20(26)24(17-3-4-17)18-6-12-28-21(13-18)7-9-23(10-8-21)19(25)16-5-11-27-14-16/h5,11,14-15,17-18H,3-4,6-10,12-13H2,1-2H3,(H,22,26). The van der Waals surface area contributed by atoms with Crippen molar-refractivity contribution in [2.75, 3.05) is 19.7 Å². The maximum absolute atomic E-state index is 12.8. The van der Waals surface area contributed by atoms with Gasteiger partial charge in [-0.1, -0.05) is 0 Å². The minimum Gasteiger partial charge on any atom is -0.472 e. The number of nitrogens with zero attached hydrogens (tertiary/aromatic N) is 2. The van der Waals surface area contributed by atoms with Gasteiger partial charge in [0, 0.05) is 37.8 Å². The Kier molecular flexibility index (Phi) is 5.36. The molecule has 3 heterocycles. The molecule has 3 aliphatic rings. The number of hydrogen-bond donors (Lipinski definition) is 1. The van der Waals surface area contributed by atoms with Crippen molar-refractivity contribution in [2.45, 2.75) is 76.1 Å². The molecule has 2 saturated heterocycles. The molecule has 7 nitrogen and oxygen atoms in total. The third-order valence-electron chi connectivity index (χ3n) is 6.18. The number of likely N-dealkylation sites (tertiary alicyclic amines) is 1. The number of piperidine rings is 1. The van der Waals surface area contributed by atoms with Gasteiger partial charge in [0.2, 0.25) is 0 Å². The van der Waals surface area contributed by atoms with Crippen molar-refractivity contribution in [3.05, 3.63) is 24.2 Å². The van der Waals surface area contributed by atoms with Gasteiger partial charge in [-0.05, 0) is 58.4 Å². The van der Waals surface area contributed by atoms with E-state index >= 15 is 0 Å². The average Bonchev–Trinajstić information content (AvgIpc) is 3.32. The molecule has 0 radical (unpaired) electrons. The number of amides is 3. The van der Waals surface area contributed by atoms with Gasteiger partial charge in [-0.3, -0.25) is 4.79 Å². The molecule has 1 aromatic heterocycles. The summed E-state index contributed by atoms with van der Waals surface area (Å²) in [5, 5.41) is 3.07. The van der Waals surface area contributed by atoms with Gasteiger partial charge >= 0.3 is 6.03 Å². The predicted molar refractivity (Wildman–Crippen MR) is 104 cm³/mol. The summed E-state index contributed by atoms with van der Waals surface area (Å²) < 4.78 is 11.3. The Balaban J connectivity index is 1.39. The molecule has 154 valence electrons. The highest BCUT2D eigenvalue weighted by Gasteiger charge is 2.46. The lowest BCUT2D eigenvalue weighted by molar-refractivity contribution is -0.126. The fraction of sp³-hybridized carbons (Fsp3) is 0.714. The van der Waals surface area contributed by atoms with Gasteiger partial charge in [0.05, 0.1) is 17.4 Å². The first kappa shape index (κ1) is 19.3. The quantitative estimate of drug-likeness (QED) is 0.859. The number of hydrogen-bond acceptors (Lipinski definition) is 4. The first-order chi connectivity index (χ1) is 13.5. The Hall–Kier alpha value is -2.02. The van der Waals surface area contributed by atoms with Crippen molar-refractivity contribution in [3.8, 4) is 0 Å². The maximum Gasteiger partial charge on any atom is 0.318 e. The van der Waals surface area contributed by atoms with E-state index in [1.54, 1.807) is 6.07 Å². The molecule has 4 rings (SSSR count). The van der Waals surface area contributed by atoms with Crippen LogP contribution < -0.4 is 5.32 Å². The van der Waals surface area contributed by atoms with Crippen molar-refractivity contribution in [2.24, 2.45) is 0 Å². The maximum atomic E-state index is 12.8. The van der Waals surface area contributed by atoms with Gasteiger partial charge in [0.1, 0.15) is 6.26 Å². The van der Waals surface area contributed by atoms with Gasteiger partial charge < -0.3 is 24.3 Å². The van der Waals surface area contributed by atoms with Crippen LogP contribution in [0, 0.1) is 0 Å². The number of nitrogens with one attached hydrogen (secondary N) is 1. The third-order valence-corrected chi connectivity index (χ3v) is 6.18. The van der Waals surface area contributed by atoms with Gasteiger partial charge in [-0.25, -0.2) is 4.79 Å². The Morgan fingerprint density at radius 2 is 1.96 bits per heavy atom. The van der Waals surface area contributed by atoms with E-state index in [-0.39, 0.29) is 29.6 Å². The number of carbonyl (C=O) groups excluding carboxylic acids is 2. The zero-order chi connectivity index (χ0) is 19.7. The van der Waals surface area contributed by atoms with Crippen LogP contribution in [-0.4, -0.2) is 65.2 Å². The van der Waals surface area contributed by atoms with E-state index in [4.69, 9.17) is 9.15 Å². The van der Waals surface area contributed by atoms with Crippen molar-refractivity contribution in [1.82, 2.24) is 15.1 Å². The number of furan rings is 1. The van der Waals surface area contributed by atoms with Crippen LogP contribution in [0.2, 0.25) is 0 Å². The molecular formula is C21H31N3O4.